The summed E-state index contributed by atoms with van der Waals surface area (Å²) in [5.74, 6) is 0. The summed E-state index contributed by atoms with van der Waals surface area (Å²) in [5.41, 5.74) is 1.14. The van der Waals surface area contributed by atoms with Crippen LogP contribution in [0.1, 0.15) is 24.5 Å². The van der Waals surface area contributed by atoms with Crippen molar-refractivity contribution >= 4 is 45.8 Å². The molecule has 1 aromatic carbocycles. The van der Waals surface area contributed by atoms with Crippen LogP contribution in [-0.2, 0) is 4.74 Å². The Morgan fingerprint density at radius 1 is 1.27 bits per heavy atom. The highest BCUT2D eigenvalue weighted by molar-refractivity contribution is 14.1. The smallest absolute Gasteiger partial charge is 0.0830 e. The van der Waals surface area contributed by atoms with Crippen molar-refractivity contribution in [2.45, 2.75) is 25.0 Å². The second-order valence-corrected chi connectivity index (χ2v) is 5.35. The molecule has 0 aromatic heterocycles. The van der Waals surface area contributed by atoms with E-state index in [2.05, 4.69) is 22.6 Å². The van der Waals surface area contributed by atoms with Crippen LogP contribution in [0.15, 0.2) is 18.2 Å². The Balaban J connectivity index is 2.13. The molecule has 2 rings (SSSR count). The van der Waals surface area contributed by atoms with Gasteiger partial charge in [0.25, 0.3) is 0 Å². The number of benzene rings is 1. The van der Waals surface area contributed by atoms with Crippen LogP contribution >= 0.6 is 45.8 Å². The Morgan fingerprint density at radius 2 is 2.07 bits per heavy atom. The van der Waals surface area contributed by atoms with Crippen LogP contribution in [0, 0.1) is 0 Å². The van der Waals surface area contributed by atoms with Gasteiger partial charge in [0.1, 0.15) is 0 Å². The van der Waals surface area contributed by atoms with Gasteiger partial charge < -0.3 is 4.74 Å². The summed E-state index contributed by atoms with van der Waals surface area (Å²) < 4.78 is 6.93. The zero-order chi connectivity index (χ0) is 10.8. The first-order valence-electron chi connectivity index (χ1n) is 4.87. The first kappa shape index (κ1) is 12.0. The van der Waals surface area contributed by atoms with Gasteiger partial charge in [0.15, 0.2) is 0 Å². The van der Waals surface area contributed by atoms with E-state index >= 15 is 0 Å². The molecule has 1 heterocycles. The van der Waals surface area contributed by atoms with Gasteiger partial charge in [0, 0.05) is 4.43 Å². The molecule has 0 bridgehead atoms. The Hall–Kier alpha value is 0.490. The molecule has 0 N–H and O–H groups in total. The maximum absolute atomic E-state index is 5.97. The SMILES string of the molecule is Clc1ccc(C2CCC(CI)O2)cc1Cl. The number of halogens is 3. The minimum Gasteiger partial charge on any atom is -0.370 e. The normalized spacial score (nSPS) is 25.8. The molecule has 0 saturated carbocycles. The molecule has 0 amide bonds. The van der Waals surface area contributed by atoms with Crippen molar-refractivity contribution in [1.82, 2.24) is 0 Å². The molecule has 1 fully saturated rings. The van der Waals surface area contributed by atoms with Crippen molar-refractivity contribution in [2.75, 3.05) is 4.43 Å². The van der Waals surface area contributed by atoms with Crippen LogP contribution in [0.2, 0.25) is 10.0 Å². The van der Waals surface area contributed by atoms with Crippen LogP contribution in [0.5, 0.6) is 0 Å². The molecule has 82 valence electrons. The van der Waals surface area contributed by atoms with E-state index in [4.69, 9.17) is 27.9 Å². The third kappa shape index (κ3) is 2.78. The van der Waals surface area contributed by atoms with Crippen LogP contribution in [-0.4, -0.2) is 10.5 Å². The van der Waals surface area contributed by atoms with E-state index in [1.807, 2.05) is 18.2 Å². The largest absolute Gasteiger partial charge is 0.370 e. The van der Waals surface area contributed by atoms with Crippen molar-refractivity contribution < 1.29 is 4.74 Å². The summed E-state index contributed by atoms with van der Waals surface area (Å²) in [6.07, 6.45) is 2.80. The molecule has 1 aliphatic heterocycles. The molecule has 0 spiro atoms. The number of alkyl halides is 1. The molecule has 1 aliphatic rings. The van der Waals surface area contributed by atoms with Gasteiger partial charge in [-0.1, -0.05) is 51.9 Å². The highest BCUT2D eigenvalue weighted by atomic mass is 127. The molecular formula is C11H11Cl2IO. The first-order valence-corrected chi connectivity index (χ1v) is 7.15. The zero-order valence-electron chi connectivity index (χ0n) is 8.05. The van der Waals surface area contributed by atoms with Crippen LogP contribution in [0.25, 0.3) is 0 Å². The van der Waals surface area contributed by atoms with Gasteiger partial charge in [-0.05, 0) is 30.5 Å². The molecule has 0 radical (unpaired) electrons. The zero-order valence-corrected chi connectivity index (χ0v) is 11.7. The lowest BCUT2D eigenvalue weighted by Crippen LogP contribution is -2.07. The van der Waals surface area contributed by atoms with Crippen molar-refractivity contribution in [3.05, 3.63) is 33.8 Å². The summed E-state index contributed by atoms with van der Waals surface area (Å²) in [6.45, 7) is 0. The van der Waals surface area contributed by atoms with Crippen molar-refractivity contribution in [2.24, 2.45) is 0 Å². The van der Waals surface area contributed by atoms with Crippen LogP contribution in [0.3, 0.4) is 0 Å². The van der Waals surface area contributed by atoms with Gasteiger partial charge in [-0.3, -0.25) is 0 Å². The lowest BCUT2D eigenvalue weighted by molar-refractivity contribution is 0.0597. The second kappa shape index (κ2) is 5.21. The first-order chi connectivity index (χ1) is 7.20. The highest BCUT2D eigenvalue weighted by Crippen LogP contribution is 2.35. The van der Waals surface area contributed by atoms with E-state index < -0.39 is 0 Å². The maximum atomic E-state index is 5.97. The highest BCUT2D eigenvalue weighted by Gasteiger charge is 2.25. The Morgan fingerprint density at radius 3 is 2.67 bits per heavy atom. The van der Waals surface area contributed by atoms with Crippen molar-refractivity contribution in [1.29, 1.82) is 0 Å². The predicted octanol–water partition coefficient (Wildman–Crippen LogP) is 4.65. The number of ether oxygens (including phenoxy) is 1. The van der Waals surface area contributed by atoms with Gasteiger partial charge in [0.2, 0.25) is 0 Å². The molecule has 0 aliphatic carbocycles. The monoisotopic (exact) mass is 356 g/mol. The molecular weight excluding hydrogens is 346 g/mol. The lowest BCUT2D eigenvalue weighted by atomic mass is 10.1. The summed E-state index contributed by atoms with van der Waals surface area (Å²) in [7, 11) is 0. The average molecular weight is 357 g/mol. The van der Waals surface area contributed by atoms with E-state index in [1.54, 1.807) is 0 Å². The average Bonchev–Trinajstić information content (AvgIpc) is 2.70. The second-order valence-electron chi connectivity index (χ2n) is 3.65. The topological polar surface area (TPSA) is 9.23 Å². The van der Waals surface area contributed by atoms with Gasteiger partial charge in [-0.15, -0.1) is 0 Å². The fourth-order valence-electron chi connectivity index (χ4n) is 1.78. The number of hydrogen-bond donors (Lipinski definition) is 0. The quantitative estimate of drug-likeness (QED) is 0.553. The fraction of sp³-hybridized carbons (Fsp3) is 0.455. The van der Waals surface area contributed by atoms with E-state index in [9.17, 15) is 0 Å². The predicted molar refractivity (Wildman–Crippen MR) is 72.2 cm³/mol. The van der Waals surface area contributed by atoms with E-state index in [1.165, 1.54) is 0 Å². The third-order valence-electron chi connectivity index (χ3n) is 2.60. The minimum atomic E-state index is 0.194. The molecule has 1 nitrogen and oxygen atoms in total. The third-order valence-corrected chi connectivity index (χ3v) is 4.32. The minimum absolute atomic E-state index is 0.194. The maximum Gasteiger partial charge on any atom is 0.0830 e. The Bertz CT molecular complexity index is 356. The van der Waals surface area contributed by atoms with Gasteiger partial charge in [-0.25, -0.2) is 0 Å². The van der Waals surface area contributed by atoms with Crippen LogP contribution < -0.4 is 0 Å². The fourth-order valence-corrected chi connectivity index (χ4v) is 2.73. The van der Waals surface area contributed by atoms with Crippen molar-refractivity contribution in [3.63, 3.8) is 0 Å². The van der Waals surface area contributed by atoms with E-state index in [0.29, 0.717) is 16.1 Å². The number of hydrogen-bond acceptors (Lipinski definition) is 1. The summed E-state index contributed by atoms with van der Waals surface area (Å²) in [6, 6.07) is 5.73. The van der Waals surface area contributed by atoms with Crippen LogP contribution in [0.4, 0.5) is 0 Å². The molecule has 4 heteroatoms. The van der Waals surface area contributed by atoms with Gasteiger partial charge in [0.05, 0.1) is 22.3 Å². The molecule has 2 atom stereocenters. The lowest BCUT2D eigenvalue weighted by Gasteiger charge is -2.12. The summed E-state index contributed by atoms with van der Waals surface area (Å²) in [4.78, 5) is 0. The molecule has 2 unspecified atom stereocenters. The standard InChI is InChI=1S/C11H11Cl2IO/c12-9-3-1-7(5-10(9)13)11-4-2-8(6-14)15-11/h1,3,5,8,11H,2,4,6H2. The number of rotatable bonds is 2. The molecule has 1 saturated heterocycles. The van der Waals surface area contributed by atoms with Crippen molar-refractivity contribution in [3.8, 4) is 0 Å². The Labute approximate surface area is 113 Å². The summed E-state index contributed by atoms with van der Waals surface area (Å²) >= 11 is 14.2. The van der Waals surface area contributed by atoms with E-state index in [0.717, 1.165) is 22.8 Å². The Kier molecular flexibility index (Phi) is 4.16. The van der Waals surface area contributed by atoms with E-state index in [-0.39, 0.29) is 6.10 Å². The van der Waals surface area contributed by atoms with Gasteiger partial charge >= 0.3 is 0 Å². The molecule has 15 heavy (non-hydrogen) atoms. The molecule has 1 aromatic rings. The summed E-state index contributed by atoms with van der Waals surface area (Å²) in [5, 5.41) is 1.21. The van der Waals surface area contributed by atoms with Gasteiger partial charge in [-0.2, -0.15) is 0 Å².